The van der Waals surface area contributed by atoms with Gasteiger partial charge in [-0.05, 0) is 29.7 Å². The van der Waals surface area contributed by atoms with Gasteiger partial charge in [-0.2, -0.15) is 0 Å². The number of rotatable bonds is 7. The van der Waals surface area contributed by atoms with Crippen molar-refractivity contribution in [3.8, 4) is 0 Å². The monoisotopic (exact) mass is 459 g/mol. The van der Waals surface area contributed by atoms with Crippen LogP contribution in [-0.2, 0) is 22.8 Å². The third kappa shape index (κ3) is 4.74. The molecule has 0 bridgehead atoms. The van der Waals surface area contributed by atoms with Gasteiger partial charge in [-0.25, -0.2) is 8.42 Å². The first-order valence-corrected chi connectivity index (χ1v) is 13.0. The lowest BCUT2D eigenvalue weighted by Gasteiger charge is -2.34. The van der Waals surface area contributed by atoms with Crippen LogP contribution in [0.15, 0.2) is 94.9 Å². The van der Waals surface area contributed by atoms with Crippen molar-refractivity contribution in [3.05, 3.63) is 96.2 Å². The summed E-state index contributed by atoms with van der Waals surface area (Å²) < 4.78 is 26.3. The molecule has 0 radical (unpaired) electrons. The van der Waals surface area contributed by atoms with E-state index >= 15 is 0 Å². The molecule has 33 heavy (non-hydrogen) atoms. The van der Waals surface area contributed by atoms with Crippen molar-refractivity contribution in [3.63, 3.8) is 0 Å². The summed E-state index contributed by atoms with van der Waals surface area (Å²) >= 11 is 0. The molecule has 6 heteroatoms. The van der Waals surface area contributed by atoms with Gasteiger partial charge in [0.15, 0.2) is 0 Å². The minimum absolute atomic E-state index is 0.324. The van der Waals surface area contributed by atoms with Crippen molar-refractivity contribution in [1.82, 2.24) is 14.8 Å². The molecule has 1 aromatic heterocycles. The Morgan fingerprint density at radius 3 is 2.15 bits per heavy atom. The Labute approximate surface area is 195 Å². The van der Waals surface area contributed by atoms with Gasteiger partial charge in [-0.3, -0.25) is 4.90 Å². The second kappa shape index (κ2) is 9.51. The predicted molar refractivity (Wildman–Crippen MR) is 132 cm³/mol. The number of aromatic nitrogens is 1. The van der Waals surface area contributed by atoms with Crippen molar-refractivity contribution < 1.29 is 8.42 Å². The van der Waals surface area contributed by atoms with Crippen LogP contribution in [0, 0.1) is 0 Å². The molecule has 3 aromatic carbocycles. The Bertz CT molecular complexity index is 1310. The molecular formula is C27H29N3O2S. The van der Waals surface area contributed by atoms with Crippen LogP contribution in [0.25, 0.3) is 10.9 Å². The quantitative estimate of drug-likeness (QED) is 0.446. The molecule has 0 amide bonds. The Morgan fingerprint density at radius 2 is 1.42 bits per heavy atom. The van der Waals surface area contributed by atoms with Crippen LogP contribution in [0.4, 0.5) is 0 Å². The van der Waals surface area contributed by atoms with Gasteiger partial charge >= 0.3 is 0 Å². The summed E-state index contributed by atoms with van der Waals surface area (Å²) in [5.41, 5.74) is 3.45. The number of H-pyrrole nitrogens is 1. The van der Waals surface area contributed by atoms with Gasteiger partial charge < -0.3 is 9.88 Å². The van der Waals surface area contributed by atoms with E-state index in [4.69, 9.17) is 0 Å². The topological polar surface area (TPSA) is 56.4 Å². The number of hydrogen-bond acceptors (Lipinski definition) is 4. The summed E-state index contributed by atoms with van der Waals surface area (Å²) in [5.74, 6) is 0. The number of hydrogen-bond donors (Lipinski definition) is 1. The van der Waals surface area contributed by atoms with Crippen molar-refractivity contribution >= 4 is 20.7 Å². The van der Waals surface area contributed by atoms with E-state index in [1.54, 1.807) is 30.5 Å². The lowest BCUT2D eigenvalue weighted by Crippen LogP contribution is -2.46. The lowest BCUT2D eigenvalue weighted by atomic mass is 10.1. The van der Waals surface area contributed by atoms with Crippen LogP contribution in [0.5, 0.6) is 0 Å². The van der Waals surface area contributed by atoms with Crippen LogP contribution in [0.2, 0.25) is 0 Å². The highest BCUT2D eigenvalue weighted by atomic mass is 32.2. The lowest BCUT2D eigenvalue weighted by molar-refractivity contribution is 0.128. The normalized spacial score (nSPS) is 15.8. The standard InChI is InChI=1S/C27H29N3O2S/c31-33(32,24-11-5-2-6-12-24)26-20-28-27-23(10-7-13-25(26)27)14-15-29-16-18-30(19-17-29)21-22-8-3-1-4-9-22/h1-13,20,28H,14-19,21H2. The molecule has 5 rings (SSSR count). The van der Waals surface area contributed by atoms with Crippen LogP contribution >= 0.6 is 0 Å². The molecule has 0 aliphatic carbocycles. The van der Waals surface area contributed by atoms with Gasteiger partial charge in [0.05, 0.1) is 15.3 Å². The second-order valence-electron chi connectivity index (χ2n) is 8.66. The molecule has 0 atom stereocenters. The largest absolute Gasteiger partial charge is 0.360 e. The summed E-state index contributed by atoms with van der Waals surface area (Å²) in [6.45, 7) is 6.23. The highest BCUT2D eigenvalue weighted by Gasteiger charge is 2.22. The zero-order chi connectivity index (χ0) is 22.7. The molecule has 1 saturated heterocycles. The van der Waals surface area contributed by atoms with Crippen LogP contribution in [0.3, 0.4) is 0 Å². The van der Waals surface area contributed by atoms with E-state index in [0.29, 0.717) is 9.79 Å². The SMILES string of the molecule is O=S(=O)(c1ccccc1)c1c[nH]c2c(CCN3CCN(Cc4ccccc4)CC3)cccc12. The zero-order valence-corrected chi connectivity index (χ0v) is 19.5. The molecule has 0 saturated carbocycles. The van der Waals surface area contributed by atoms with E-state index in [2.05, 4.69) is 51.2 Å². The van der Waals surface area contributed by atoms with Gasteiger partial charge in [-0.15, -0.1) is 0 Å². The Balaban J connectivity index is 1.25. The summed E-state index contributed by atoms with van der Waals surface area (Å²) in [7, 11) is -3.55. The molecule has 0 unspecified atom stereocenters. The number of fused-ring (bicyclic) bond motifs is 1. The number of aromatic amines is 1. The average molecular weight is 460 g/mol. The third-order valence-electron chi connectivity index (χ3n) is 6.52. The maximum absolute atomic E-state index is 13.2. The van der Waals surface area contributed by atoms with Gasteiger partial charge in [0, 0.05) is 50.9 Å². The number of nitrogens with one attached hydrogen (secondary N) is 1. The average Bonchev–Trinajstić information content (AvgIpc) is 3.31. The van der Waals surface area contributed by atoms with Crippen LogP contribution in [0.1, 0.15) is 11.1 Å². The van der Waals surface area contributed by atoms with Crippen LogP contribution < -0.4 is 0 Å². The Kier molecular flexibility index (Phi) is 6.31. The van der Waals surface area contributed by atoms with Gasteiger partial charge in [0.25, 0.3) is 0 Å². The van der Waals surface area contributed by atoms with Gasteiger partial charge in [0.1, 0.15) is 0 Å². The minimum Gasteiger partial charge on any atom is -0.360 e. The first-order chi connectivity index (χ1) is 16.1. The number of piperazine rings is 1. The number of benzene rings is 3. The van der Waals surface area contributed by atoms with Crippen molar-refractivity contribution in [2.24, 2.45) is 0 Å². The second-order valence-corrected chi connectivity index (χ2v) is 10.6. The first kappa shape index (κ1) is 21.9. The summed E-state index contributed by atoms with van der Waals surface area (Å²) in [4.78, 5) is 8.94. The first-order valence-electron chi connectivity index (χ1n) is 11.5. The maximum atomic E-state index is 13.2. The molecule has 4 aromatic rings. The number of para-hydroxylation sites is 1. The molecule has 170 valence electrons. The van der Waals surface area contributed by atoms with E-state index in [9.17, 15) is 8.42 Å². The highest BCUT2D eigenvalue weighted by molar-refractivity contribution is 7.91. The smallest absolute Gasteiger partial charge is 0.208 e. The molecular weight excluding hydrogens is 430 g/mol. The maximum Gasteiger partial charge on any atom is 0.208 e. The summed E-state index contributed by atoms with van der Waals surface area (Å²) in [6.07, 6.45) is 2.53. The fourth-order valence-electron chi connectivity index (χ4n) is 4.64. The molecule has 2 heterocycles. The van der Waals surface area contributed by atoms with Crippen molar-refractivity contribution in [1.29, 1.82) is 0 Å². The molecule has 5 nitrogen and oxygen atoms in total. The predicted octanol–water partition coefficient (Wildman–Crippen LogP) is 4.36. The molecule has 1 aliphatic heterocycles. The minimum atomic E-state index is -3.55. The number of sulfone groups is 1. The molecule has 1 N–H and O–H groups in total. The van der Waals surface area contributed by atoms with E-state index in [0.717, 1.165) is 62.2 Å². The Morgan fingerprint density at radius 1 is 0.758 bits per heavy atom. The highest BCUT2D eigenvalue weighted by Crippen LogP contribution is 2.30. The van der Waals surface area contributed by atoms with Crippen molar-refractivity contribution in [2.75, 3.05) is 32.7 Å². The molecule has 1 aliphatic rings. The van der Waals surface area contributed by atoms with Crippen LogP contribution in [-0.4, -0.2) is 55.9 Å². The van der Waals surface area contributed by atoms with Crippen molar-refractivity contribution in [2.45, 2.75) is 22.8 Å². The fourth-order valence-corrected chi connectivity index (χ4v) is 6.08. The van der Waals surface area contributed by atoms with E-state index in [1.165, 1.54) is 5.56 Å². The Hall–Kier alpha value is -2.93. The summed E-state index contributed by atoms with van der Waals surface area (Å²) in [6, 6.07) is 25.2. The number of nitrogens with zero attached hydrogens (tertiary/aromatic N) is 2. The molecule has 0 spiro atoms. The van der Waals surface area contributed by atoms with E-state index in [-0.39, 0.29) is 0 Å². The van der Waals surface area contributed by atoms with Gasteiger partial charge in [-0.1, -0.05) is 66.7 Å². The molecule has 1 fully saturated rings. The third-order valence-corrected chi connectivity index (χ3v) is 8.33. The van der Waals surface area contributed by atoms with E-state index in [1.807, 2.05) is 18.2 Å². The van der Waals surface area contributed by atoms with E-state index < -0.39 is 9.84 Å². The fraction of sp³-hybridized carbons (Fsp3) is 0.259. The zero-order valence-electron chi connectivity index (χ0n) is 18.7. The van der Waals surface area contributed by atoms with Gasteiger partial charge in [0.2, 0.25) is 9.84 Å². The summed E-state index contributed by atoms with van der Waals surface area (Å²) in [5, 5.41) is 0.768.